The normalized spacial score (nSPS) is 21.1. The summed E-state index contributed by atoms with van der Waals surface area (Å²) in [6.45, 7) is 11.6. The zero-order chi connectivity index (χ0) is 37.1. The fraction of sp³-hybridized carbons (Fsp3) is 0.478. The molecule has 8 bridgehead atoms. The fourth-order valence-corrected chi connectivity index (χ4v) is 6.62. The van der Waals surface area contributed by atoms with Gasteiger partial charge in [-0.1, -0.05) is 72.8 Å². The minimum atomic E-state index is 0.834. The number of aliphatic imine (C=N–C) groups is 6. The van der Waals surface area contributed by atoms with Crippen LogP contribution >= 0.6 is 0 Å². The van der Waals surface area contributed by atoms with Crippen molar-refractivity contribution in [1.29, 1.82) is 0 Å². The van der Waals surface area contributed by atoms with Crippen LogP contribution in [0.15, 0.2) is 103 Å². The van der Waals surface area contributed by atoms with Gasteiger partial charge in [0.15, 0.2) is 0 Å². The molecule has 8 nitrogen and oxygen atoms in total. The maximum absolute atomic E-state index is 4.77. The lowest BCUT2D eigenvalue weighted by Gasteiger charge is -2.21. The summed E-state index contributed by atoms with van der Waals surface area (Å²) in [5.74, 6) is 0. The topological polar surface area (TPSA) is 80.6 Å². The molecule has 0 N–H and O–H groups in total. The van der Waals surface area contributed by atoms with E-state index in [1.165, 1.54) is 0 Å². The molecule has 0 spiro atoms. The van der Waals surface area contributed by atoms with Crippen molar-refractivity contribution in [2.24, 2.45) is 30.0 Å². The van der Waals surface area contributed by atoms with Gasteiger partial charge >= 0.3 is 0 Å². The van der Waals surface area contributed by atoms with Crippen molar-refractivity contribution in [3.8, 4) is 0 Å². The SMILES string of the molecule is C1=NCCCCN2CCCCN=Cc3ccc(cc3)C=NCCCCN(CCCCN=Cc3ccc1cc3)CCCN=Cc1ccc(cc1)C=NCCC2. The highest BCUT2D eigenvalue weighted by atomic mass is 15.1. The third-order valence-corrected chi connectivity index (χ3v) is 9.82. The van der Waals surface area contributed by atoms with Crippen molar-refractivity contribution in [3.63, 3.8) is 0 Å². The molecule has 3 aromatic rings. The minimum absolute atomic E-state index is 0.834. The lowest BCUT2D eigenvalue weighted by Crippen LogP contribution is -2.28. The Morgan fingerprint density at radius 2 is 0.426 bits per heavy atom. The van der Waals surface area contributed by atoms with Crippen LogP contribution in [0.25, 0.3) is 0 Å². The molecule has 54 heavy (non-hydrogen) atoms. The second kappa shape index (κ2) is 25.6. The van der Waals surface area contributed by atoms with Gasteiger partial charge in [-0.2, -0.15) is 0 Å². The summed E-state index contributed by atoms with van der Waals surface area (Å²) >= 11 is 0. The zero-order valence-electron chi connectivity index (χ0n) is 32.5. The van der Waals surface area contributed by atoms with Crippen LogP contribution in [0.4, 0.5) is 0 Å². The van der Waals surface area contributed by atoms with Gasteiger partial charge in [0.2, 0.25) is 0 Å². The lowest BCUT2D eigenvalue weighted by molar-refractivity contribution is 0.262. The molecule has 0 aromatic heterocycles. The van der Waals surface area contributed by atoms with E-state index in [1.807, 2.05) is 37.3 Å². The number of nitrogens with zero attached hydrogens (tertiary/aromatic N) is 8. The molecule has 0 unspecified atom stereocenters. The maximum atomic E-state index is 4.77. The van der Waals surface area contributed by atoms with E-state index < -0.39 is 0 Å². The predicted octanol–water partition coefficient (Wildman–Crippen LogP) is 8.13. The molecule has 3 aromatic carbocycles. The van der Waals surface area contributed by atoms with Gasteiger partial charge in [-0.05, 0) is 137 Å². The standard InChI is InChI=1S/C46H62N8/c1-5-29-53-30-6-2-24-48-37-43-15-17-44(18-16-43)38-50-26-4-8-32-54(31-7-3-25-49-36-42-13-11-41(12-14-42)35-47-23-1)34-10-28-52-40-46-21-19-45(20-22-46)39-51-27-9-33-53/h11-22,35-40H,1-10,23-34H2. The Bertz CT molecular complexity index is 1420. The second-order valence-corrected chi connectivity index (χ2v) is 14.4. The van der Waals surface area contributed by atoms with Gasteiger partial charge in [0.05, 0.1) is 0 Å². The van der Waals surface area contributed by atoms with Crippen LogP contribution in [-0.4, -0.2) is 126 Å². The average Bonchev–Trinajstić information content (AvgIpc) is 3.20. The van der Waals surface area contributed by atoms with Crippen molar-refractivity contribution in [2.45, 2.75) is 64.2 Å². The largest absolute Gasteiger partial charge is 0.303 e. The predicted molar refractivity (Wildman–Crippen MR) is 233 cm³/mol. The van der Waals surface area contributed by atoms with E-state index in [0.717, 1.165) is 176 Å². The molecule has 0 fully saturated rings. The first-order valence-corrected chi connectivity index (χ1v) is 20.5. The molecule has 8 aliphatic heterocycles. The lowest BCUT2D eigenvalue weighted by atomic mass is 10.1. The van der Waals surface area contributed by atoms with Crippen LogP contribution in [0, 0.1) is 0 Å². The van der Waals surface area contributed by atoms with Crippen LogP contribution in [0.2, 0.25) is 0 Å². The van der Waals surface area contributed by atoms with Gasteiger partial charge in [-0.25, -0.2) is 0 Å². The van der Waals surface area contributed by atoms with Crippen LogP contribution in [0.5, 0.6) is 0 Å². The Morgan fingerprint density at radius 1 is 0.241 bits per heavy atom. The van der Waals surface area contributed by atoms with Crippen molar-refractivity contribution in [2.75, 3.05) is 78.5 Å². The van der Waals surface area contributed by atoms with Gasteiger partial charge < -0.3 is 9.80 Å². The van der Waals surface area contributed by atoms with Crippen molar-refractivity contribution >= 4 is 37.3 Å². The molecule has 8 heterocycles. The Labute approximate surface area is 325 Å². The summed E-state index contributed by atoms with van der Waals surface area (Å²) in [5, 5.41) is 0. The molecule has 8 aliphatic rings. The fourth-order valence-electron chi connectivity index (χ4n) is 6.62. The third-order valence-electron chi connectivity index (χ3n) is 9.82. The third kappa shape index (κ3) is 17.2. The highest BCUT2D eigenvalue weighted by Crippen LogP contribution is 2.08. The van der Waals surface area contributed by atoms with E-state index in [9.17, 15) is 0 Å². The van der Waals surface area contributed by atoms with Gasteiger partial charge in [-0.15, -0.1) is 0 Å². The molecule has 286 valence electrons. The molecule has 8 heteroatoms. The highest BCUT2D eigenvalue weighted by molar-refractivity contribution is 5.85. The molecule has 0 radical (unpaired) electrons. The van der Waals surface area contributed by atoms with Gasteiger partial charge in [0.25, 0.3) is 0 Å². The Kier molecular flexibility index (Phi) is 19.3. The molecule has 0 saturated heterocycles. The Balaban J connectivity index is 1.27. The first-order valence-electron chi connectivity index (χ1n) is 20.5. The van der Waals surface area contributed by atoms with Crippen LogP contribution in [0.3, 0.4) is 0 Å². The first kappa shape index (κ1) is 40.8. The van der Waals surface area contributed by atoms with E-state index in [-0.39, 0.29) is 0 Å². The van der Waals surface area contributed by atoms with E-state index >= 15 is 0 Å². The van der Waals surface area contributed by atoms with Crippen LogP contribution in [-0.2, 0) is 0 Å². The Hall–Kier alpha value is -4.40. The van der Waals surface area contributed by atoms with E-state index in [1.54, 1.807) is 0 Å². The number of rotatable bonds is 0. The summed E-state index contributed by atoms with van der Waals surface area (Å²) in [6.07, 6.45) is 23.1. The zero-order valence-corrected chi connectivity index (χ0v) is 32.5. The minimum Gasteiger partial charge on any atom is -0.303 e. The smallest absolute Gasteiger partial charge is 0.0401 e. The van der Waals surface area contributed by atoms with E-state index in [2.05, 4.69) is 82.6 Å². The molecule has 11 rings (SSSR count). The van der Waals surface area contributed by atoms with Gasteiger partial charge in [0.1, 0.15) is 0 Å². The summed E-state index contributed by atoms with van der Waals surface area (Å²) in [4.78, 5) is 33.7. The van der Waals surface area contributed by atoms with Crippen LogP contribution < -0.4 is 0 Å². The summed E-state index contributed by atoms with van der Waals surface area (Å²) in [5.41, 5.74) is 6.86. The first-order chi connectivity index (χ1) is 26.8. The van der Waals surface area contributed by atoms with Gasteiger partial charge in [0, 0.05) is 76.6 Å². The molecule has 0 aliphatic carbocycles. The van der Waals surface area contributed by atoms with E-state index in [0.29, 0.717) is 0 Å². The van der Waals surface area contributed by atoms with Crippen LogP contribution in [0.1, 0.15) is 97.6 Å². The second-order valence-electron chi connectivity index (χ2n) is 14.4. The molecule has 0 amide bonds. The molecular formula is C46H62N8. The molecule has 0 atom stereocenters. The summed E-state index contributed by atoms with van der Waals surface area (Å²) in [6, 6.07) is 25.7. The molecular weight excluding hydrogens is 665 g/mol. The van der Waals surface area contributed by atoms with Crippen molar-refractivity contribution in [3.05, 3.63) is 106 Å². The van der Waals surface area contributed by atoms with E-state index in [4.69, 9.17) is 30.0 Å². The number of benzene rings is 3. The van der Waals surface area contributed by atoms with Crippen molar-refractivity contribution in [1.82, 2.24) is 9.80 Å². The summed E-state index contributed by atoms with van der Waals surface area (Å²) in [7, 11) is 0. The number of hydrogen-bond acceptors (Lipinski definition) is 8. The molecule has 0 saturated carbocycles. The summed E-state index contributed by atoms with van der Waals surface area (Å²) < 4.78 is 0. The monoisotopic (exact) mass is 727 g/mol. The van der Waals surface area contributed by atoms with Crippen molar-refractivity contribution < 1.29 is 0 Å². The number of hydrogen-bond donors (Lipinski definition) is 0. The average molecular weight is 727 g/mol. The van der Waals surface area contributed by atoms with Gasteiger partial charge in [-0.3, -0.25) is 30.0 Å². The maximum Gasteiger partial charge on any atom is 0.0401 e. The quantitative estimate of drug-likeness (QED) is 0.235. The Morgan fingerprint density at radius 3 is 0.648 bits per heavy atom. The highest BCUT2D eigenvalue weighted by Gasteiger charge is 2.06.